The van der Waals surface area contributed by atoms with Crippen LogP contribution in [0.3, 0.4) is 0 Å². The van der Waals surface area contributed by atoms with Crippen molar-refractivity contribution in [2.45, 2.75) is 34.1 Å². The number of aromatic nitrogens is 3. The number of fused-ring (bicyclic) bond motifs is 1. The van der Waals surface area contributed by atoms with Crippen LogP contribution in [0.4, 0.5) is 5.69 Å². The highest BCUT2D eigenvalue weighted by molar-refractivity contribution is 6.30. The van der Waals surface area contributed by atoms with Crippen LogP contribution in [0.25, 0.3) is 5.65 Å². The van der Waals surface area contributed by atoms with Gasteiger partial charge in [0, 0.05) is 41.7 Å². The van der Waals surface area contributed by atoms with Gasteiger partial charge in [0.25, 0.3) is 5.91 Å². The number of aryl methyl sites for hydroxylation is 4. The number of benzene rings is 1. The summed E-state index contributed by atoms with van der Waals surface area (Å²) in [6, 6.07) is 7.96. The van der Waals surface area contributed by atoms with Crippen LogP contribution in [0.1, 0.15) is 39.4 Å². The zero-order valence-corrected chi connectivity index (χ0v) is 18.0. The maximum Gasteiger partial charge on any atom is 0.257 e. The van der Waals surface area contributed by atoms with Crippen molar-refractivity contribution in [2.75, 3.05) is 24.5 Å². The van der Waals surface area contributed by atoms with Crippen LogP contribution in [0.15, 0.2) is 24.3 Å². The molecule has 1 amide bonds. The van der Waals surface area contributed by atoms with Gasteiger partial charge in [0.15, 0.2) is 5.65 Å². The molecule has 29 heavy (non-hydrogen) atoms. The second kappa shape index (κ2) is 7.67. The van der Waals surface area contributed by atoms with Gasteiger partial charge in [-0.2, -0.15) is 5.10 Å². The standard InChI is InChI=1S/C22H26ClN5O/c1-13-5-6-18(23)10-19(13)27-8-7-17(12-27)11-24-22(29)20-16(4)26-28-15(3)9-14(2)25-21(20)28/h5-6,9-10,17H,7-8,11-12H2,1-4H3,(H,24,29). The normalized spacial score (nSPS) is 16.6. The molecular formula is C22H26ClN5O. The smallest absolute Gasteiger partial charge is 0.257 e. The first kappa shape index (κ1) is 19.7. The van der Waals surface area contributed by atoms with E-state index in [-0.39, 0.29) is 5.91 Å². The fourth-order valence-electron chi connectivity index (χ4n) is 4.16. The monoisotopic (exact) mass is 411 g/mol. The fraction of sp³-hybridized carbons (Fsp3) is 0.409. The van der Waals surface area contributed by atoms with E-state index in [1.54, 1.807) is 4.52 Å². The molecule has 4 rings (SSSR count). The van der Waals surface area contributed by atoms with Gasteiger partial charge in [-0.1, -0.05) is 17.7 Å². The molecule has 0 saturated carbocycles. The van der Waals surface area contributed by atoms with Gasteiger partial charge < -0.3 is 10.2 Å². The number of halogens is 1. The largest absolute Gasteiger partial charge is 0.371 e. The summed E-state index contributed by atoms with van der Waals surface area (Å²) >= 11 is 6.18. The zero-order chi connectivity index (χ0) is 20.7. The quantitative estimate of drug-likeness (QED) is 0.707. The van der Waals surface area contributed by atoms with Crippen LogP contribution in [0.5, 0.6) is 0 Å². The van der Waals surface area contributed by atoms with Crippen molar-refractivity contribution < 1.29 is 4.79 Å². The molecule has 1 aliphatic rings. The maximum atomic E-state index is 12.9. The van der Waals surface area contributed by atoms with E-state index in [9.17, 15) is 4.79 Å². The fourth-order valence-corrected chi connectivity index (χ4v) is 4.33. The van der Waals surface area contributed by atoms with E-state index in [1.807, 2.05) is 39.0 Å². The number of nitrogens with zero attached hydrogens (tertiary/aromatic N) is 4. The predicted molar refractivity (Wildman–Crippen MR) is 116 cm³/mol. The molecule has 7 heteroatoms. The Labute approximate surface area is 175 Å². The highest BCUT2D eigenvalue weighted by Gasteiger charge is 2.26. The van der Waals surface area contributed by atoms with Crippen molar-refractivity contribution in [3.05, 3.63) is 57.5 Å². The lowest BCUT2D eigenvalue weighted by atomic mass is 10.1. The van der Waals surface area contributed by atoms with E-state index < -0.39 is 0 Å². The van der Waals surface area contributed by atoms with Crippen LogP contribution in [0, 0.1) is 33.6 Å². The molecule has 1 aromatic carbocycles. The summed E-state index contributed by atoms with van der Waals surface area (Å²) in [5.74, 6) is 0.295. The molecule has 1 saturated heterocycles. The van der Waals surface area contributed by atoms with Crippen molar-refractivity contribution in [1.29, 1.82) is 0 Å². The third kappa shape index (κ3) is 3.81. The number of nitrogens with one attached hydrogen (secondary N) is 1. The average molecular weight is 412 g/mol. The zero-order valence-electron chi connectivity index (χ0n) is 17.3. The number of hydrogen-bond acceptors (Lipinski definition) is 4. The lowest BCUT2D eigenvalue weighted by Crippen LogP contribution is -2.31. The summed E-state index contributed by atoms with van der Waals surface area (Å²) in [5, 5.41) is 8.36. The molecule has 1 atom stereocenters. The molecule has 0 aliphatic carbocycles. The Balaban J connectivity index is 1.45. The number of amides is 1. The van der Waals surface area contributed by atoms with Gasteiger partial charge in [0.2, 0.25) is 0 Å². The average Bonchev–Trinajstić information content (AvgIpc) is 3.26. The molecule has 1 aliphatic heterocycles. The van der Waals surface area contributed by atoms with E-state index >= 15 is 0 Å². The summed E-state index contributed by atoms with van der Waals surface area (Å²) in [7, 11) is 0. The number of carbonyl (C=O) groups excluding carboxylic acids is 1. The second-order valence-corrected chi connectivity index (χ2v) is 8.41. The number of rotatable bonds is 4. The van der Waals surface area contributed by atoms with Crippen LogP contribution in [0.2, 0.25) is 5.02 Å². The van der Waals surface area contributed by atoms with Crippen LogP contribution >= 0.6 is 11.6 Å². The first-order chi connectivity index (χ1) is 13.8. The number of anilines is 1. The van der Waals surface area contributed by atoms with Crippen LogP contribution < -0.4 is 10.2 Å². The van der Waals surface area contributed by atoms with Crippen molar-refractivity contribution in [1.82, 2.24) is 19.9 Å². The maximum absolute atomic E-state index is 12.9. The molecule has 0 radical (unpaired) electrons. The molecule has 3 heterocycles. The number of carbonyl (C=O) groups is 1. The van der Waals surface area contributed by atoms with Gasteiger partial charge in [-0.05, 0) is 63.8 Å². The molecule has 3 aromatic rings. The summed E-state index contributed by atoms with van der Waals surface area (Å²) in [6.45, 7) is 10.4. The highest BCUT2D eigenvalue weighted by Crippen LogP contribution is 2.29. The minimum absolute atomic E-state index is 0.104. The van der Waals surface area contributed by atoms with Gasteiger partial charge in [0.05, 0.1) is 5.69 Å². The lowest BCUT2D eigenvalue weighted by molar-refractivity contribution is 0.0949. The summed E-state index contributed by atoms with van der Waals surface area (Å²) in [6.07, 6.45) is 1.04. The predicted octanol–water partition coefficient (Wildman–Crippen LogP) is 3.87. The van der Waals surface area contributed by atoms with E-state index in [2.05, 4.69) is 33.3 Å². The van der Waals surface area contributed by atoms with Crippen molar-refractivity contribution in [2.24, 2.45) is 5.92 Å². The highest BCUT2D eigenvalue weighted by atomic mass is 35.5. The van der Waals surface area contributed by atoms with Crippen LogP contribution in [-0.2, 0) is 0 Å². The van der Waals surface area contributed by atoms with Gasteiger partial charge in [-0.15, -0.1) is 0 Å². The molecule has 0 bridgehead atoms. The molecule has 1 unspecified atom stereocenters. The minimum atomic E-state index is -0.104. The molecule has 1 N–H and O–H groups in total. The Morgan fingerprint density at radius 2 is 2.03 bits per heavy atom. The molecule has 1 fully saturated rings. The SMILES string of the molecule is Cc1cc(C)n2nc(C)c(C(=O)NCC3CCN(c4cc(Cl)ccc4C)C3)c2n1. The van der Waals surface area contributed by atoms with E-state index in [1.165, 1.54) is 11.3 Å². The lowest BCUT2D eigenvalue weighted by Gasteiger charge is -2.21. The third-order valence-corrected chi connectivity index (χ3v) is 5.88. The summed E-state index contributed by atoms with van der Waals surface area (Å²) in [5.41, 5.74) is 6.15. The van der Waals surface area contributed by atoms with Gasteiger partial charge in [-0.25, -0.2) is 9.50 Å². The molecular weight excluding hydrogens is 386 g/mol. The first-order valence-electron chi connectivity index (χ1n) is 9.96. The minimum Gasteiger partial charge on any atom is -0.371 e. The second-order valence-electron chi connectivity index (χ2n) is 7.98. The molecule has 152 valence electrons. The number of hydrogen-bond donors (Lipinski definition) is 1. The Hall–Kier alpha value is -2.60. The van der Waals surface area contributed by atoms with Crippen molar-refractivity contribution >= 4 is 28.8 Å². The molecule has 2 aromatic heterocycles. The van der Waals surface area contributed by atoms with Crippen molar-refractivity contribution in [3.8, 4) is 0 Å². The van der Waals surface area contributed by atoms with Gasteiger partial charge in [-0.3, -0.25) is 4.79 Å². The molecule has 6 nitrogen and oxygen atoms in total. The summed E-state index contributed by atoms with van der Waals surface area (Å²) in [4.78, 5) is 19.8. The first-order valence-corrected chi connectivity index (χ1v) is 10.3. The van der Waals surface area contributed by atoms with E-state index in [0.29, 0.717) is 29.4 Å². The topological polar surface area (TPSA) is 62.5 Å². The van der Waals surface area contributed by atoms with E-state index in [0.717, 1.165) is 35.9 Å². The summed E-state index contributed by atoms with van der Waals surface area (Å²) < 4.78 is 1.75. The van der Waals surface area contributed by atoms with Crippen molar-refractivity contribution in [3.63, 3.8) is 0 Å². The Bertz CT molecular complexity index is 1090. The van der Waals surface area contributed by atoms with E-state index in [4.69, 9.17) is 11.6 Å². The Morgan fingerprint density at radius 1 is 1.24 bits per heavy atom. The third-order valence-electron chi connectivity index (χ3n) is 5.65. The Morgan fingerprint density at radius 3 is 2.83 bits per heavy atom. The van der Waals surface area contributed by atoms with Gasteiger partial charge in [0.1, 0.15) is 5.56 Å². The molecule has 0 spiro atoms. The van der Waals surface area contributed by atoms with Gasteiger partial charge >= 0.3 is 0 Å². The Kier molecular flexibility index (Phi) is 5.21. The van der Waals surface area contributed by atoms with Crippen LogP contribution in [-0.4, -0.2) is 40.1 Å².